The van der Waals surface area contributed by atoms with E-state index in [0.717, 1.165) is 30.5 Å². The van der Waals surface area contributed by atoms with Gasteiger partial charge in [0.15, 0.2) is 11.8 Å². The van der Waals surface area contributed by atoms with Gasteiger partial charge in [-0.3, -0.25) is 4.79 Å². The van der Waals surface area contributed by atoms with E-state index in [1.807, 2.05) is 35.9 Å². The molecule has 1 saturated heterocycles. The summed E-state index contributed by atoms with van der Waals surface area (Å²) in [7, 11) is 0. The van der Waals surface area contributed by atoms with Crippen LogP contribution in [-0.2, 0) is 0 Å². The molecule has 0 unspecified atom stereocenters. The summed E-state index contributed by atoms with van der Waals surface area (Å²) >= 11 is 0. The van der Waals surface area contributed by atoms with Crippen molar-refractivity contribution < 1.29 is 4.79 Å². The largest absolute Gasteiger partial charge is 0.383 e. The fourth-order valence-electron chi connectivity index (χ4n) is 4.27. The minimum Gasteiger partial charge on any atom is -0.383 e. The van der Waals surface area contributed by atoms with Gasteiger partial charge in [0.1, 0.15) is 23.7 Å². The number of nitrogen functional groups attached to an aromatic ring is 1. The minimum absolute atomic E-state index is 0.00540. The molecule has 1 amide bonds. The van der Waals surface area contributed by atoms with Crippen molar-refractivity contribution in [3.63, 3.8) is 0 Å². The molecule has 170 valence electrons. The number of benzene rings is 1. The van der Waals surface area contributed by atoms with Gasteiger partial charge in [-0.15, -0.1) is 0 Å². The zero-order valence-electron chi connectivity index (χ0n) is 18.6. The quantitative estimate of drug-likeness (QED) is 0.449. The minimum atomic E-state index is -0.248. The number of fused-ring (bicyclic) bond motifs is 1. The van der Waals surface area contributed by atoms with Gasteiger partial charge < -0.3 is 16.0 Å². The number of nitrogens with one attached hydrogen (secondary N) is 1. The third-order valence-corrected chi connectivity index (χ3v) is 5.98. The predicted molar refractivity (Wildman–Crippen MR) is 128 cm³/mol. The Balaban J connectivity index is 1.47. The van der Waals surface area contributed by atoms with E-state index in [1.165, 1.54) is 6.33 Å². The van der Waals surface area contributed by atoms with Gasteiger partial charge in [-0.25, -0.2) is 19.6 Å². The maximum absolute atomic E-state index is 12.7. The fourth-order valence-corrected chi connectivity index (χ4v) is 4.27. The molecule has 5 rings (SSSR count). The van der Waals surface area contributed by atoms with Crippen LogP contribution >= 0.6 is 0 Å². The average molecular weight is 454 g/mol. The number of nitriles is 1. The van der Waals surface area contributed by atoms with E-state index >= 15 is 0 Å². The van der Waals surface area contributed by atoms with E-state index in [2.05, 4.69) is 26.5 Å². The van der Waals surface area contributed by atoms with Crippen molar-refractivity contribution in [2.24, 2.45) is 0 Å². The standard InChI is InChI=1S/C24H23N9O/c1-15-8-9-27-19(11-15)30-24(34)17-6-4-16(5-7-17)21-20-22(26)28-14-29-23(20)33(31-21)18-3-2-10-32(12-18)13-25/h4-9,11,14,18H,2-3,10,12H2,1H3,(H2,26,28,29)(H,27,30,34)/t18-/m1/s1. The molecule has 3 aromatic heterocycles. The maximum Gasteiger partial charge on any atom is 0.256 e. The number of hydrogen-bond acceptors (Lipinski definition) is 8. The highest BCUT2D eigenvalue weighted by Gasteiger charge is 2.26. The van der Waals surface area contributed by atoms with E-state index in [4.69, 9.17) is 10.8 Å². The number of piperidine rings is 1. The number of nitrogens with zero attached hydrogens (tertiary/aromatic N) is 7. The number of aryl methyl sites for hydroxylation is 1. The number of likely N-dealkylation sites (tertiary alicyclic amines) is 1. The number of pyridine rings is 1. The lowest BCUT2D eigenvalue weighted by molar-refractivity contribution is 0.102. The molecule has 0 aliphatic carbocycles. The van der Waals surface area contributed by atoms with E-state index in [0.29, 0.717) is 40.5 Å². The molecule has 10 nitrogen and oxygen atoms in total. The van der Waals surface area contributed by atoms with Crippen LogP contribution in [0.1, 0.15) is 34.8 Å². The molecule has 4 heterocycles. The topological polar surface area (TPSA) is 139 Å². The summed E-state index contributed by atoms with van der Waals surface area (Å²) < 4.78 is 1.86. The monoisotopic (exact) mass is 453 g/mol. The van der Waals surface area contributed by atoms with Gasteiger partial charge in [-0.05, 0) is 49.6 Å². The molecule has 4 aromatic rings. The molecule has 0 bridgehead atoms. The van der Waals surface area contributed by atoms with Crippen LogP contribution in [0.15, 0.2) is 48.9 Å². The number of nitrogens with two attached hydrogens (primary N) is 1. The molecule has 0 radical (unpaired) electrons. The number of carbonyl (C=O) groups excluding carboxylic acids is 1. The first-order chi connectivity index (χ1) is 16.5. The molecule has 1 aliphatic heterocycles. The molecule has 3 N–H and O–H groups in total. The van der Waals surface area contributed by atoms with Crippen LogP contribution < -0.4 is 11.1 Å². The first kappa shape index (κ1) is 21.3. The number of amides is 1. The average Bonchev–Trinajstić information content (AvgIpc) is 3.25. The third-order valence-electron chi connectivity index (χ3n) is 5.98. The lowest BCUT2D eigenvalue weighted by Gasteiger charge is -2.28. The van der Waals surface area contributed by atoms with Crippen LogP contribution in [0.2, 0.25) is 0 Å². The summed E-state index contributed by atoms with van der Waals surface area (Å²) in [6.45, 7) is 3.26. The molecular formula is C24H23N9O. The Hall–Kier alpha value is -4.52. The summed E-state index contributed by atoms with van der Waals surface area (Å²) in [5.74, 6) is 0.593. The van der Waals surface area contributed by atoms with E-state index < -0.39 is 0 Å². The van der Waals surface area contributed by atoms with Crippen LogP contribution in [0.5, 0.6) is 0 Å². The summed E-state index contributed by atoms with van der Waals surface area (Å²) in [5.41, 5.74) is 9.82. The second-order valence-corrected chi connectivity index (χ2v) is 8.34. The van der Waals surface area contributed by atoms with Gasteiger partial charge in [-0.1, -0.05) is 12.1 Å². The second kappa shape index (κ2) is 8.78. The lowest BCUT2D eigenvalue weighted by atomic mass is 10.1. The summed E-state index contributed by atoms with van der Waals surface area (Å²) in [6.07, 6.45) is 7.11. The van der Waals surface area contributed by atoms with Crippen molar-refractivity contribution in [3.05, 3.63) is 60.0 Å². The molecule has 1 aliphatic rings. The van der Waals surface area contributed by atoms with E-state index in [9.17, 15) is 10.1 Å². The smallest absolute Gasteiger partial charge is 0.256 e. The molecule has 1 aromatic carbocycles. The normalized spacial score (nSPS) is 15.8. The Bertz CT molecular complexity index is 1400. The predicted octanol–water partition coefficient (Wildman–Crippen LogP) is 3.15. The zero-order valence-corrected chi connectivity index (χ0v) is 18.6. The number of anilines is 2. The Labute approximate surface area is 196 Å². The van der Waals surface area contributed by atoms with Crippen molar-refractivity contribution in [3.8, 4) is 17.5 Å². The molecule has 1 atom stereocenters. The van der Waals surface area contributed by atoms with Crippen molar-refractivity contribution in [2.45, 2.75) is 25.8 Å². The van der Waals surface area contributed by atoms with E-state index in [-0.39, 0.29) is 11.9 Å². The van der Waals surface area contributed by atoms with Crippen LogP contribution in [0.3, 0.4) is 0 Å². The van der Waals surface area contributed by atoms with Gasteiger partial charge in [-0.2, -0.15) is 10.4 Å². The summed E-state index contributed by atoms with van der Waals surface area (Å²) in [4.78, 5) is 27.2. The van der Waals surface area contributed by atoms with E-state index in [1.54, 1.807) is 23.2 Å². The maximum atomic E-state index is 12.7. The zero-order chi connectivity index (χ0) is 23.7. The van der Waals surface area contributed by atoms with Crippen LogP contribution in [0.25, 0.3) is 22.3 Å². The highest BCUT2D eigenvalue weighted by Crippen LogP contribution is 2.33. The number of hydrogen-bond donors (Lipinski definition) is 2. The molecule has 10 heteroatoms. The SMILES string of the molecule is Cc1ccnc(NC(=O)c2ccc(-c3nn([C@@H]4CCCN(C#N)C4)c4ncnc(N)c34)cc2)c1. The van der Waals surface area contributed by atoms with Crippen molar-refractivity contribution >= 4 is 28.6 Å². The van der Waals surface area contributed by atoms with Crippen molar-refractivity contribution in [2.75, 3.05) is 24.1 Å². The third kappa shape index (κ3) is 3.99. The first-order valence-electron chi connectivity index (χ1n) is 11.0. The van der Waals surface area contributed by atoms with Gasteiger partial charge in [0.2, 0.25) is 0 Å². The Morgan fingerprint density at radius 2 is 2.03 bits per heavy atom. The number of carbonyl (C=O) groups is 1. The van der Waals surface area contributed by atoms with Gasteiger partial charge in [0.05, 0.1) is 18.0 Å². The fraction of sp³-hybridized carbons (Fsp3) is 0.250. The molecule has 0 saturated carbocycles. The lowest BCUT2D eigenvalue weighted by Crippen LogP contribution is -2.33. The highest BCUT2D eigenvalue weighted by molar-refractivity contribution is 6.04. The Morgan fingerprint density at radius 3 is 2.79 bits per heavy atom. The van der Waals surface area contributed by atoms with Gasteiger partial charge in [0.25, 0.3) is 5.91 Å². The van der Waals surface area contributed by atoms with Gasteiger partial charge in [0, 0.05) is 23.9 Å². The summed E-state index contributed by atoms with van der Waals surface area (Å²) in [5, 5.41) is 17.7. The Morgan fingerprint density at radius 1 is 1.21 bits per heavy atom. The van der Waals surface area contributed by atoms with Crippen molar-refractivity contribution in [1.82, 2.24) is 29.6 Å². The molecule has 0 spiro atoms. The molecule has 34 heavy (non-hydrogen) atoms. The van der Waals surface area contributed by atoms with Crippen LogP contribution in [0, 0.1) is 18.4 Å². The first-order valence-corrected chi connectivity index (χ1v) is 11.0. The Kier molecular flexibility index (Phi) is 5.51. The number of rotatable bonds is 4. The van der Waals surface area contributed by atoms with Crippen LogP contribution in [-0.4, -0.2) is 48.6 Å². The highest BCUT2D eigenvalue weighted by atomic mass is 16.1. The van der Waals surface area contributed by atoms with Crippen LogP contribution in [0.4, 0.5) is 11.6 Å². The molecule has 1 fully saturated rings. The number of aromatic nitrogens is 5. The summed E-state index contributed by atoms with van der Waals surface area (Å²) in [6, 6.07) is 10.8. The molecular weight excluding hydrogens is 430 g/mol. The second-order valence-electron chi connectivity index (χ2n) is 8.34. The van der Waals surface area contributed by atoms with Gasteiger partial charge >= 0.3 is 0 Å². The van der Waals surface area contributed by atoms with Crippen molar-refractivity contribution in [1.29, 1.82) is 5.26 Å².